The first kappa shape index (κ1) is 11.2. The maximum absolute atomic E-state index is 11.1. The lowest BCUT2D eigenvalue weighted by molar-refractivity contribution is -0.148. The molecule has 1 rings (SSSR count). The third-order valence-corrected chi connectivity index (χ3v) is 1.92. The average Bonchev–Trinajstić information content (AvgIpc) is 2.14. The van der Waals surface area contributed by atoms with E-state index in [2.05, 4.69) is 14.5 Å². The van der Waals surface area contributed by atoms with Crippen molar-refractivity contribution >= 4 is 16.2 Å². The summed E-state index contributed by atoms with van der Waals surface area (Å²) in [6, 6.07) is 0. The molecule has 0 aromatic rings. The van der Waals surface area contributed by atoms with Gasteiger partial charge in [0, 0.05) is 26.2 Å². The van der Waals surface area contributed by atoms with Crippen LogP contribution < -0.4 is 5.32 Å². The second-order valence-corrected chi connectivity index (χ2v) is 4.40. The van der Waals surface area contributed by atoms with Crippen LogP contribution in [-0.4, -0.2) is 51.8 Å². The SMILES string of the molecule is CS(=O)(=O)OOC(=O)N1CCNCC1. The molecule has 0 bridgehead atoms. The lowest BCUT2D eigenvalue weighted by atomic mass is 10.4. The molecule has 0 aromatic heterocycles. The number of rotatable bonds is 2. The van der Waals surface area contributed by atoms with Crippen molar-refractivity contribution in [3.05, 3.63) is 0 Å². The molecule has 0 aliphatic carbocycles. The van der Waals surface area contributed by atoms with Crippen LogP contribution >= 0.6 is 0 Å². The molecule has 1 N–H and O–H groups in total. The Labute approximate surface area is 82.0 Å². The molecule has 82 valence electrons. The summed E-state index contributed by atoms with van der Waals surface area (Å²) in [6.07, 6.45) is 0.0230. The van der Waals surface area contributed by atoms with Crippen molar-refractivity contribution < 1.29 is 22.4 Å². The van der Waals surface area contributed by atoms with Gasteiger partial charge in [0.25, 0.3) is 10.1 Å². The van der Waals surface area contributed by atoms with Gasteiger partial charge in [-0.05, 0) is 0 Å². The minimum Gasteiger partial charge on any atom is -0.313 e. The highest BCUT2D eigenvalue weighted by Gasteiger charge is 2.19. The van der Waals surface area contributed by atoms with Crippen molar-refractivity contribution in [1.29, 1.82) is 0 Å². The molecule has 0 atom stereocenters. The highest BCUT2D eigenvalue weighted by molar-refractivity contribution is 7.85. The first-order valence-corrected chi connectivity index (χ1v) is 5.86. The Bertz CT molecular complexity index is 295. The molecule has 0 radical (unpaired) electrons. The molecule has 7 nitrogen and oxygen atoms in total. The first-order valence-electron chi connectivity index (χ1n) is 4.05. The van der Waals surface area contributed by atoms with E-state index >= 15 is 0 Å². The van der Waals surface area contributed by atoms with Crippen molar-refractivity contribution in [3.63, 3.8) is 0 Å². The van der Waals surface area contributed by atoms with Crippen LogP contribution in [0.15, 0.2) is 0 Å². The summed E-state index contributed by atoms with van der Waals surface area (Å²) in [5.41, 5.74) is 0. The lowest BCUT2D eigenvalue weighted by Gasteiger charge is -2.25. The number of amides is 1. The third-order valence-electron chi connectivity index (χ3n) is 1.60. The molecular formula is C6H12N2O5S. The van der Waals surface area contributed by atoms with Crippen molar-refractivity contribution in [2.45, 2.75) is 0 Å². The Morgan fingerprint density at radius 1 is 1.36 bits per heavy atom. The van der Waals surface area contributed by atoms with E-state index in [1.54, 1.807) is 0 Å². The summed E-state index contributed by atoms with van der Waals surface area (Å²) < 4.78 is 24.9. The zero-order valence-corrected chi connectivity index (χ0v) is 8.54. The van der Waals surface area contributed by atoms with Gasteiger partial charge in [0.1, 0.15) is 0 Å². The average molecular weight is 224 g/mol. The van der Waals surface area contributed by atoms with Crippen molar-refractivity contribution in [2.75, 3.05) is 32.4 Å². The van der Waals surface area contributed by atoms with Crippen molar-refractivity contribution in [3.8, 4) is 0 Å². The van der Waals surface area contributed by atoms with Gasteiger partial charge < -0.3 is 10.2 Å². The molecule has 1 fully saturated rings. The minimum atomic E-state index is -3.74. The highest BCUT2D eigenvalue weighted by atomic mass is 32.2. The molecule has 1 amide bonds. The zero-order chi connectivity index (χ0) is 10.6. The smallest absolute Gasteiger partial charge is 0.313 e. The quantitative estimate of drug-likeness (QED) is 0.474. The van der Waals surface area contributed by atoms with Gasteiger partial charge in [0.05, 0.1) is 6.26 Å². The predicted molar refractivity (Wildman–Crippen MR) is 46.9 cm³/mol. The van der Waals surface area contributed by atoms with Crippen LogP contribution in [0.5, 0.6) is 0 Å². The Kier molecular flexibility index (Phi) is 3.67. The third kappa shape index (κ3) is 3.90. The molecular weight excluding hydrogens is 212 g/mol. The number of carbonyl (C=O) groups excluding carboxylic acids is 1. The molecule has 0 unspecified atom stereocenters. The molecule has 0 aromatic carbocycles. The van der Waals surface area contributed by atoms with Crippen LogP contribution in [-0.2, 0) is 19.3 Å². The van der Waals surface area contributed by atoms with Crippen LogP contribution in [0.2, 0.25) is 0 Å². The Balaban J connectivity index is 2.34. The van der Waals surface area contributed by atoms with Gasteiger partial charge in [-0.25, -0.2) is 4.79 Å². The Hall–Kier alpha value is -0.860. The van der Waals surface area contributed by atoms with Gasteiger partial charge in [-0.1, -0.05) is 4.33 Å². The van der Waals surface area contributed by atoms with E-state index in [4.69, 9.17) is 0 Å². The van der Waals surface area contributed by atoms with Crippen LogP contribution in [0.3, 0.4) is 0 Å². The van der Waals surface area contributed by atoms with Crippen molar-refractivity contribution in [2.24, 2.45) is 0 Å². The van der Waals surface area contributed by atoms with Crippen LogP contribution in [0.1, 0.15) is 0 Å². The maximum atomic E-state index is 11.1. The monoisotopic (exact) mass is 224 g/mol. The Morgan fingerprint density at radius 3 is 2.43 bits per heavy atom. The number of nitrogens with one attached hydrogen (secondary N) is 1. The summed E-state index contributed by atoms with van der Waals surface area (Å²) in [5.74, 6) is 0. The fraction of sp³-hybridized carbons (Fsp3) is 0.833. The van der Waals surface area contributed by atoms with Gasteiger partial charge >= 0.3 is 6.09 Å². The van der Waals surface area contributed by atoms with E-state index in [-0.39, 0.29) is 0 Å². The van der Waals surface area contributed by atoms with Gasteiger partial charge in [-0.15, -0.1) is 0 Å². The van der Waals surface area contributed by atoms with Crippen LogP contribution in [0.25, 0.3) is 0 Å². The zero-order valence-electron chi connectivity index (χ0n) is 7.73. The number of piperazine rings is 1. The van der Waals surface area contributed by atoms with E-state index < -0.39 is 16.2 Å². The van der Waals surface area contributed by atoms with E-state index in [0.717, 1.165) is 6.26 Å². The lowest BCUT2D eigenvalue weighted by Crippen LogP contribution is -2.46. The molecule has 1 saturated heterocycles. The summed E-state index contributed by atoms with van der Waals surface area (Å²) in [4.78, 5) is 16.6. The summed E-state index contributed by atoms with van der Waals surface area (Å²) in [7, 11) is -3.74. The molecule has 1 heterocycles. The van der Waals surface area contributed by atoms with Gasteiger partial charge in [-0.2, -0.15) is 8.42 Å². The van der Waals surface area contributed by atoms with E-state index in [1.165, 1.54) is 4.90 Å². The summed E-state index contributed by atoms with van der Waals surface area (Å²) >= 11 is 0. The summed E-state index contributed by atoms with van der Waals surface area (Å²) in [5, 5.41) is 3.03. The predicted octanol–water partition coefficient (Wildman–Crippen LogP) is -1.08. The van der Waals surface area contributed by atoms with Crippen LogP contribution in [0, 0.1) is 0 Å². The topological polar surface area (TPSA) is 84.9 Å². The first-order chi connectivity index (χ1) is 6.49. The highest BCUT2D eigenvalue weighted by Crippen LogP contribution is 1.99. The molecule has 1 aliphatic heterocycles. The number of hydrogen-bond acceptors (Lipinski definition) is 6. The molecule has 8 heteroatoms. The number of hydrogen-bond donors (Lipinski definition) is 1. The van der Waals surface area contributed by atoms with Gasteiger partial charge in [0.2, 0.25) is 0 Å². The second kappa shape index (κ2) is 4.58. The Morgan fingerprint density at radius 2 is 1.93 bits per heavy atom. The molecule has 0 saturated carbocycles. The van der Waals surface area contributed by atoms with E-state index in [0.29, 0.717) is 26.2 Å². The van der Waals surface area contributed by atoms with Crippen LogP contribution in [0.4, 0.5) is 4.79 Å². The van der Waals surface area contributed by atoms with Gasteiger partial charge in [0.15, 0.2) is 0 Å². The minimum absolute atomic E-state index is 0.478. The second-order valence-electron chi connectivity index (χ2n) is 2.86. The van der Waals surface area contributed by atoms with E-state index in [9.17, 15) is 13.2 Å². The summed E-state index contributed by atoms with van der Waals surface area (Å²) in [6.45, 7) is 2.28. The van der Waals surface area contributed by atoms with E-state index in [1.807, 2.05) is 0 Å². The largest absolute Gasteiger partial charge is 0.442 e. The fourth-order valence-electron chi connectivity index (χ4n) is 0.991. The molecule has 14 heavy (non-hydrogen) atoms. The normalized spacial score (nSPS) is 17.9. The molecule has 1 aliphatic rings. The maximum Gasteiger partial charge on any atom is 0.442 e. The molecule has 0 spiro atoms. The van der Waals surface area contributed by atoms with Gasteiger partial charge in [-0.3, -0.25) is 4.89 Å². The fourth-order valence-corrected chi connectivity index (χ4v) is 1.17. The standard InChI is InChI=1S/C6H12N2O5S/c1-14(10,11)13-12-6(9)8-4-2-7-3-5-8/h7H,2-5H2,1H3. The van der Waals surface area contributed by atoms with Crippen molar-refractivity contribution in [1.82, 2.24) is 10.2 Å². The number of carbonyl (C=O) groups is 1. The number of nitrogens with zero attached hydrogens (tertiary/aromatic N) is 1.